The second-order valence-corrected chi connectivity index (χ2v) is 11.6. The number of hydrogen-bond acceptors (Lipinski definition) is 9. The van der Waals surface area contributed by atoms with Crippen LogP contribution in [0.25, 0.3) is 22.0 Å². The summed E-state index contributed by atoms with van der Waals surface area (Å²) < 4.78 is 45.5. The lowest BCUT2D eigenvalue weighted by atomic mass is 9.98. The first-order valence-electron chi connectivity index (χ1n) is 12.0. The van der Waals surface area contributed by atoms with Crippen LogP contribution in [0.1, 0.15) is 24.0 Å². The van der Waals surface area contributed by atoms with Gasteiger partial charge in [-0.15, -0.1) is 0 Å². The van der Waals surface area contributed by atoms with Crippen LogP contribution in [0, 0.1) is 12.7 Å². The van der Waals surface area contributed by atoms with Crippen LogP contribution in [-0.2, 0) is 15.6 Å². The van der Waals surface area contributed by atoms with Crippen molar-refractivity contribution in [2.24, 2.45) is 0 Å². The third kappa shape index (κ3) is 4.39. The van der Waals surface area contributed by atoms with Gasteiger partial charge in [0.25, 0.3) is 0 Å². The van der Waals surface area contributed by atoms with Gasteiger partial charge in [-0.1, -0.05) is 12.1 Å². The van der Waals surface area contributed by atoms with Gasteiger partial charge in [-0.25, -0.2) is 27.8 Å². The van der Waals surface area contributed by atoms with Crippen LogP contribution >= 0.6 is 0 Å². The number of hydrogen-bond donors (Lipinski definition) is 3. The molecule has 6 rings (SSSR count). The largest absolute Gasteiger partial charge is 0.474 e. The zero-order valence-electron chi connectivity index (χ0n) is 20.1. The molecule has 0 radical (unpaired) electrons. The smallest absolute Gasteiger partial charge is 0.237 e. The molecule has 1 fully saturated rings. The molecule has 2 aromatic heterocycles. The lowest BCUT2D eigenvalue weighted by Gasteiger charge is -2.22. The number of anilines is 4. The molecule has 1 aliphatic carbocycles. The van der Waals surface area contributed by atoms with Crippen LogP contribution in [0.3, 0.4) is 0 Å². The number of nitrogens with one attached hydrogen (secondary N) is 2. The summed E-state index contributed by atoms with van der Waals surface area (Å²) in [6.45, 7) is 3.04. The van der Waals surface area contributed by atoms with E-state index < -0.39 is 15.7 Å². The minimum atomic E-state index is -3.08. The highest BCUT2D eigenvalue weighted by Crippen LogP contribution is 2.39. The van der Waals surface area contributed by atoms with E-state index in [2.05, 4.69) is 25.6 Å². The first kappa shape index (κ1) is 23.4. The summed E-state index contributed by atoms with van der Waals surface area (Å²) in [5, 5.41) is 6.59. The Kier molecular flexibility index (Phi) is 5.59. The molecule has 37 heavy (non-hydrogen) atoms. The Morgan fingerprint density at radius 1 is 1.16 bits per heavy atom. The van der Waals surface area contributed by atoms with Crippen molar-refractivity contribution in [1.29, 1.82) is 0 Å². The van der Waals surface area contributed by atoms with E-state index in [4.69, 9.17) is 10.5 Å². The molecule has 3 heterocycles. The number of aromatic nitrogens is 3. The Morgan fingerprint density at radius 3 is 2.70 bits per heavy atom. The normalized spacial score (nSPS) is 15.1. The van der Waals surface area contributed by atoms with E-state index in [1.807, 2.05) is 6.92 Å². The van der Waals surface area contributed by atoms with Crippen molar-refractivity contribution >= 4 is 43.8 Å². The fourth-order valence-corrected chi connectivity index (χ4v) is 6.26. The number of rotatable bonds is 6. The fourth-order valence-electron chi connectivity index (χ4n) is 4.52. The average Bonchev–Trinajstić information content (AvgIpc) is 3.75. The van der Waals surface area contributed by atoms with Crippen LogP contribution in [0.15, 0.2) is 42.7 Å². The maximum atomic E-state index is 15.4. The minimum absolute atomic E-state index is 0.0383. The molecule has 4 N–H and O–H groups in total. The van der Waals surface area contributed by atoms with Gasteiger partial charge in [0.15, 0.2) is 15.7 Å². The van der Waals surface area contributed by atoms with Crippen molar-refractivity contribution in [2.45, 2.75) is 30.8 Å². The first-order chi connectivity index (χ1) is 17.8. The molecule has 0 spiro atoms. The molecule has 2 aliphatic rings. The van der Waals surface area contributed by atoms with E-state index in [1.54, 1.807) is 36.5 Å². The highest BCUT2D eigenvalue weighted by molar-refractivity contribution is 7.91. The summed E-state index contributed by atoms with van der Waals surface area (Å²) >= 11 is 0. The fraction of sp³-hybridized carbons (Fsp3) is 0.269. The number of benzene rings is 2. The predicted molar refractivity (Wildman–Crippen MR) is 141 cm³/mol. The molecular weight excluding hydrogens is 495 g/mol. The zero-order chi connectivity index (χ0) is 25.7. The average molecular weight is 521 g/mol. The maximum Gasteiger partial charge on any atom is 0.237 e. The number of pyridine rings is 1. The number of halogens is 1. The van der Waals surface area contributed by atoms with Crippen molar-refractivity contribution in [3.8, 4) is 17.0 Å². The van der Waals surface area contributed by atoms with Gasteiger partial charge in [0.1, 0.15) is 12.3 Å². The van der Waals surface area contributed by atoms with Gasteiger partial charge in [-0.3, -0.25) is 0 Å². The Bertz CT molecular complexity index is 1640. The Morgan fingerprint density at radius 2 is 1.95 bits per heavy atom. The van der Waals surface area contributed by atoms with Gasteiger partial charge < -0.3 is 21.1 Å². The van der Waals surface area contributed by atoms with Gasteiger partial charge in [-0.2, -0.15) is 0 Å². The van der Waals surface area contributed by atoms with Crippen molar-refractivity contribution in [1.82, 2.24) is 15.0 Å². The number of nitrogens with two attached hydrogens (primary N) is 1. The monoisotopic (exact) mass is 520 g/mol. The van der Waals surface area contributed by atoms with Crippen LogP contribution < -0.4 is 21.1 Å². The van der Waals surface area contributed by atoms with Gasteiger partial charge in [0.2, 0.25) is 11.8 Å². The molecule has 0 atom stereocenters. The van der Waals surface area contributed by atoms with E-state index in [0.29, 0.717) is 47.1 Å². The van der Waals surface area contributed by atoms with Crippen molar-refractivity contribution in [2.75, 3.05) is 29.5 Å². The van der Waals surface area contributed by atoms with E-state index in [0.717, 1.165) is 29.7 Å². The third-order valence-corrected chi connectivity index (χ3v) is 8.93. The summed E-state index contributed by atoms with van der Waals surface area (Å²) in [4.78, 5) is 13.2. The second-order valence-electron chi connectivity index (χ2n) is 9.36. The van der Waals surface area contributed by atoms with Crippen LogP contribution in [0.4, 0.5) is 27.4 Å². The van der Waals surface area contributed by atoms with E-state index in [-0.39, 0.29) is 22.3 Å². The zero-order valence-corrected chi connectivity index (χ0v) is 20.9. The van der Waals surface area contributed by atoms with Crippen molar-refractivity contribution < 1.29 is 17.5 Å². The summed E-state index contributed by atoms with van der Waals surface area (Å²) in [7, 11) is -3.08. The summed E-state index contributed by atoms with van der Waals surface area (Å²) in [6.07, 6.45) is 4.57. The third-order valence-electron chi connectivity index (χ3n) is 6.71. The van der Waals surface area contributed by atoms with Crippen molar-refractivity contribution in [3.05, 3.63) is 59.7 Å². The summed E-state index contributed by atoms with van der Waals surface area (Å²) in [6, 6.07) is 8.76. The molecule has 0 bridgehead atoms. The van der Waals surface area contributed by atoms with Gasteiger partial charge in [0, 0.05) is 41.1 Å². The maximum absolute atomic E-state index is 15.4. The molecule has 190 valence electrons. The minimum Gasteiger partial charge on any atom is -0.474 e. The van der Waals surface area contributed by atoms with Gasteiger partial charge >= 0.3 is 0 Å². The molecule has 11 heteroatoms. The highest BCUT2D eigenvalue weighted by Gasteiger charge is 2.35. The molecule has 4 aromatic rings. The molecule has 0 saturated heterocycles. The Labute approximate surface area is 213 Å². The lowest BCUT2D eigenvalue weighted by Crippen LogP contribution is -2.20. The highest BCUT2D eigenvalue weighted by atomic mass is 32.2. The first-order valence-corrected chi connectivity index (χ1v) is 13.7. The molecule has 0 unspecified atom stereocenters. The van der Waals surface area contributed by atoms with Crippen LogP contribution in [0.2, 0.25) is 0 Å². The predicted octanol–water partition coefficient (Wildman–Crippen LogP) is 4.35. The molecule has 9 nitrogen and oxygen atoms in total. The number of ether oxygens (including phenoxy) is 1. The number of sulfone groups is 1. The van der Waals surface area contributed by atoms with Gasteiger partial charge in [0.05, 0.1) is 22.2 Å². The molecule has 0 amide bonds. The van der Waals surface area contributed by atoms with Crippen molar-refractivity contribution in [3.63, 3.8) is 0 Å². The Balaban J connectivity index is 1.30. The van der Waals surface area contributed by atoms with Crippen LogP contribution in [-0.4, -0.2) is 41.8 Å². The number of nitrogen functional groups attached to an aromatic ring is 1. The molecule has 1 saturated carbocycles. The van der Waals surface area contributed by atoms with Gasteiger partial charge in [-0.05, 0) is 49.1 Å². The standard InChI is InChI=1S/C26H25FN6O3S/c1-14-19(11-30-25-24(14)29-8-9-36-25)18-10-21-20(23(28)22(18)27)12-31-26(33-21)32-16-4-2-15(3-5-16)13-37(34,35)17-6-7-17/h2-5,10-12,17,29H,6-9,13,28H2,1H3,(H,31,32,33). The molecule has 2 aromatic carbocycles. The van der Waals surface area contributed by atoms with Crippen LogP contribution in [0.5, 0.6) is 5.88 Å². The van der Waals surface area contributed by atoms with E-state index >= 15 is 4.39 Å². The number of nitrogens with zero attached hydrogens (tertiary/aromatic N) is 3. The van der Waals surface area contributed by atoms with E-state index in [1.165, 1.54) is 6.20 Å². The number of fused-ring (bicyclic) bond motifs is 2. The van der Waals surface area contributed by atoms with E-state index in [9.17, 15) is 8.42 Å². The molecular formula is C26H25FN6O3S. The lowest BCUT2D eigenvalue weighted by molar-refractivity contribution is 0.310. The summed E-state index contributed by atoms with van der Waals surface area (Å²) in [5.74, 6) is 0.274. The Hall–Kier alpha value is -3.99. The summed E-state index contributed by atoms with van der Waals surface area (Å²) in [5.41, 5.74) is 10.4. The molecule has 1 aliphatic heterocycles. The quantitative estimate of drug-likeness (QED) is 0.318. The SMILES string of the molecule is Cc1c(-c2cc3nc(Nc4ccc(CS(=O)(=O)C5CC5)cc4)ncc3c(N)c2F)cnc2c1NCCO2. The second kappa shape index (κ2) is 8.84. The topological polar surface area (TPSA) is 132 Å².